The number of benzene rings is 2. The standard InChI is InChI=1S/C31H37FN2O3/c32-27-11-13-28(14-12-27)36-22-24-20-34(17-15-23(24)16-18-34)21-29-19-33-30(37-29)31(35,25-7-3-1-4-8-25)26-9-5-2-6-10-26/h1,3-4,7-8,11-14,19,23-24,26H,2,5-6,9-10,15-18,20-22H2/t23?,24?,31-,34?/m0/s1. The second-order valence-corrected chi connectivity index (χ2v) is 11.6. The molecule has 196 valence electrons. The Labute approximate surface area is 218 Å². The number of ether oxygens (including phenoxy) is 1. The number of piperidine rings is 3. The zero-order valence-electron chi connectivity index (χ0n) is 21.5. The first kappa shape index (κ1) is 24.6. The molecule has 2 atom stereocenters. The van der Waals surface area contributed by atoms with E-state index in [1.165, 1.54) is 31.4 Å². The Hall–Kier alpha value is -2.70. The van der Waals surface area contributed by atoms with Crippen molar-refractivity contribution in [1.29, 1.82) is 0 Å². The number of rotatable bonds is 8. The van der Waals surface area contributed by atoms with Crippen molar-refractivity contribution in [3.8, 4) is 5.75 Å². The Morgan fingerprint density at radius 3 is 2.43 bits per heavy atom. The maximum absolute atomic E-state index is 14.6. The van der Waals surface area contributed by atoms with Crippen LogP contribution in [0.15, 0.2) is 65.2 Å². The van der Waals surface area contributed by atoms with Crippen molar-refractivity contribution in [2.24, 2.45) is 17.8 Å². The molecule has 5 nitrogen and oxygen atoms in total. The summed E-state index contributed by atoms with van der Waals surface area (Å²) in [7, 11) is 0. The summed E-state index contributed by atoms with van der Waals surface area (Å²) >= 11 is 0. The Kier molecular flexibility index (Phi) is 6.80. The Morgan fingerprint density at radius 2 is 1.70 bits per heavy atom. The molecule has 4 fully saturated rings. The fraction of sp³-hybridized carbons (Fsp3) is 0.516. The van der Waals surface area contributed by atoms with Crippen LogP contribution in [0.25, 0.3) is 0 Å². The quantitative estimate of drug-likeness (QED) is 0.384. The molecule has 4 heterocycles. The van der Waals surface area contributed by atoms with Crippen LogP contribution < -0.4 is 9.84 Å². The number of hydrogen-bond acceptors (Lipinski definition) is 4. The summed E-state index contributed by atoms with van der Waals surface area (Å²) in [4.78, 5) is 4.64. The highest BCUT2D eigenvalue weighted by molar-refractivity contribution is 5.29. The van der Waals surface area contributed by atoms with Crippen molar-refractivity contribution in [1.82, 2.24) is 4.98 Å². The van der Waals surface area contributed by atoms with Crippen LogP contribution in [-0.4, -0.2) is 35.7 Å². The van der Waals surface area contributed by atoms with Gasteiger partial charge in [-0.15, -0.1) is 0 Å². The SMILES string of the molecule is [O-][C@](c1ccccc1)(c1ncc(C[N+]23CCC(CC2)C(COc2ccc(F)cc2)C3)o1)C1CCCCC1. The highest BCUT2D eigenvalue weighted by atomic mass is 19.1. The van der Waals surface area contributed by atoms with E-state index in [1.807, 2.05) is 36.5 Å². The minimum atomic E-state index is -1.44. The van der Waals surface area contributed by atoms with E-state index in [0.29, 0.717) is 24.3 Å². The van der Waals surface area contributed by atoms with Gasteiger partial charge < -0.3 is 18.7 Å². The highest BCUT2D eigenvalue weighted by Gasteiger charge is 2.47. The Bertz CT molecular complexity index is 1170. The lowest BCUT2D eigenvalue weighted by molar-refractivity contribution is -0.960. The topological polar surface area (TPSA) is 58.3 Å². The largest absolute Gasteiger partial charge is 0.839 e. The normalized spacial score (nSPS) is 27.6. The van der Waals surface area contributed by atoms with Gasteiger partial charge in [0.1, 0.15) is 18.1 Å². The van der Waals surface area contributed by atoms with E-state index in [0.717, 1.165) is 73.4 Å². The van der Waals surface area contributed by atoms with Crippen LogP contribution in [0.1, 0.15) is 62.2 Å². The van der Waals surface area contributed by atoms with E-state index in [-0.39, 0.29) is 11.7 Å². The number of oxazole rings is 1. The summed E-state index contributed by atoms with van der Waals surface area (Å²) in [5.74, 6) is 2.76. The second-order valence-electron chi connectivity index (χ2n) is 11.6. The van der Waals surface area contributed by atoms with Crippen LogP contribution >= 0.6 is 0 Å². The third-order valence-corrected chi connectivity index (χ3v) is 9.26. The van der Waals surface area contributed by atoms with Gasteiger partial charge in [0.05, 0.1) is 32.4 Å². The van der Waals surface area contributed by atoms with Crippen molar-refractivity contribution in [2.75, 3.05) is 26.2 Å². The van der Waals surface area contributed by atoms with E-state index in [1.54, 1.807) is 12.1 Å². The molecule has 1 unspecified atom stereocenters. The van der Waals surface area contributed by atoms with Gasteiger partial charge in [0.25, 0.3) is 0 Å². The molecule has 1 aliphatic carbocycles. The predicted molar refractivity (Wildman–Crippen MR) is 137 cm³/mol. The van der Waals surface area contributed by atoms with Gasteiger partial charge >= 0.3 is 0 Å². The molecule has 37 heavy (non-hydrogen) atoms. The van der Waals surface area contributed by atoms with Crippen molar-refractivity contribution in [3.05, 3.63) is 83.8 Å². The molecule has 6 heteroatoms. The van der Waals surface area contributed by atoms with Crippen molar-refractivity contribution < 1.29 is 23.1 Å². The molecule has 1 aromatic heterocycles. The third kappa shape index (κ3) is 4.94. The van der Waals surface area contributed by atoms with Crippen LogP contribution in [0.5, 0.6) is 5.75 Å². The van der Waals surface area contributed by atoms with Crippen LogP contribution in [-0.2, 0) is 12.1 Å². The molecule has 0 amide bonds. The fourth-order valence-corrected chi connectivity index (χ4v) is 7.19. The lowest BCUT2D eigenvalue weighted by Crippen LogP contribution is -2.62. The first-order chi connectivity index (χ1) is 18.0. The van der Waals surface area contributed by atoms with Crippen LogP contribution in [0.2, 0.25) is 0 Å². The summed E-state index contributed by atoms with van der Waals surface area (Å²) in [6, 6.07) is 16.0. The van der Waals surface area contributed by atoms with E-state index < -0.39 is 5.60 Å². The summed E-state index contributed by atoms with van der Waals surface area (Å²) in [5, 5.41) is 14.6. The molecule has 0 spiro atoms. The lowest BCUT2D eigenvalue weighted by Gasteiger charge is -2.52. The van der Waals surface area contributed by atoms with Crippen LogP contribution in [0.3, 0.4) is 0 Å². The number of halogens is 1. The van der Waals surface area contributed by atoms with Gasteiger partial charge in [-0.1, -0.05) is 62.4 Å². The van der Waals surface area contributed by atoms with Gasteiger partial charge in [0, 0.05) is 18.8 Å². The maximum Gasteiger partial charge on any atom is 0.188 e. The zero-order chi connectivity index (χ0) is 25.3. The number of aromatic nitrogens is 1. The predicted octanol–water partition coefficient (Wildman–Crippen LogP) is 5.43. The fourth-order valence-electron chi connectivity index (χ4n) is 7.19. The van der Waals surface area contributed by atoms with Crippen molar-refractivity contribution in [2.45, 2.75) is 57.1 Å². The van der Waals surface area contributed by atoms with Gasteiger partial charge in [-0.2, -0.15) is 0 Å². The average molecular weight is 505 g/mol. The first-order valence-corrected chi connectivity index (χ1v) is 14.0. The van der Waals surface area contributed by atoms with Gasteiger partial charge in [0.2, 0.25) is 0 Å². The average Bonchev–Trinajstić information content (AvgIpc) is 3.42. The van der Waals surface area contributed by atoms with Gasteiger partial charge in [0.15, 0.2) is 11.7 Å². The number of hydrogen-bond donors (Lipinski definition) is 0. The van der Waals surface area contributed by atoms with E-state index in [2.05, 4.69) is 4.98 Å². The summed E-state index contributed by atoms with van der Waals surface area (Å²) in [5.41, 5.74) is -0.681. The van der Waals surface area contributed by atoms with Gasteiger partial charge in [-0.05, 0) is 47.3 Å². The zero-order valence-corrected chi connectivity index (χ0v) is 21.5. The smallest absolute Gasteiger partial charge is 0.188 e. The second kappa shape index (κ2) is 10.2. The van der Waals surface area contributed by atoms with Crippen LogP contribution in [0.4, 0.5) is 4.39 Å². The Balaban J connectivity index is 1.19. The monoisotopic (exact) mass is 504 g/mol. The summed E-state index contributed by atoms with van der Waals surface area (Å²) < 4.78 is 26.6. The highest BCUT2D eigenvalue weighted by Crippen LogP contribution is 2.43. The molecular weight excluding hydrogens is 467 g/mol. The number of fused-ring (bicyclic) bond motifs is 3. The Morgan fingerprint density at radius 1 is 0.973 bits per heavy atom. The molecule has 2 aromatic carbocycles. The van der Waals surface area contributed by atoms with E-state index in [4.69, 9.17) is 9.15 Å². The molecule has 4 aliphatic rings. The van der Waals surface area contributed by atoms with Crippen LogP contribution in [0, 0.1) is 23.6 Å². The molecule has 3 aliphatic heterocycles. The minimum Gasteiger partial charge on any atom is -0.839 e. The van der Waals surface area contributed by atoms with Crippen molar-refractivity contribution >= 4 is 0 Å². The molecule has 7 rings (SSSR count). The van der Waals surface area contributed by atoms with Crippen molar-refractivity contribution in [3.63, 3.8) is 0 Å². The first-order valence-electron chi connectivity index (χ1n) is 14.0. The number of quaternary nitrogens is 1. The summed E-state index contributed by atoms with van der Waals surface area (Å²) in [6.45, 7) is 4.69. The molecule has 3 saturated heterocycles. The number of nitrogens with zero attached hydrogens (tertiary/aromatic N) is 2. The molecule has 0 N–H and O–H groups in total. The minimum absolute atomic E-state index is 0.000845. The summed E-state index contributed by atoms with van der Waals surface area (Å²) in [6.07, 6.45) is 9.40. The third-order valence-electron chi connectivity index (χ3n) is 9.26. The maximum atomic E-state index is 14.6. The molecular formula is C31H37FN2O3. The van der Waals surface area contributed by atoms with Gasteiger partial charge in [-0.3, -0.25) is 0 Å². The molecule has 3 aromatic rings. The van der Waals surface area contributed by atoms with E-state index in [9.17, 15) is 9.50 Å². The lowest BCUT2D eigenvalue weighted by atomic mass is 9.73. The van der Waals surface area contributed by atoms with Gasteiger partial charge in [-0.25, -0.2) is 9.37 Å². The van der Waals surface area contributed by atoms with E-state index >= 15 is 0 Å². The molecule has 2 bridgehead atoms. The molecule has 1 saturated carbocycles. The molecule has 0 radical (unpaired) electrons.